The van der Waals surface area contributed by atoms with E-state index in [0.717, 1.165) is 24.7 Å². The predicted octanol–water partition coefficient (Wildman–Crippen LogP) is 2.84. The van der Waals surface area contributed by atoms with E-state index in [1.807, 2.05) is 6.07 Å². The molecule has 198 valence electrons. The molecule has 0 radical (unpaired) electrons. The minimum atomic E-state index is -3.76. The molecule has 0 atom stereocenters. The van der Waals surface area contributed by atoms with Crippen LogP contribution in [0, 0.1) is 5.82 Å². The van der Waals surface area contributed by atoms with Gasteiger partial charge in [0.15, 0.2) is 5.84 Å². The molecule has 2 aromatic carbocycles. The largest absolute Gasteiger partial charge is 0.455 e. The van der Waals surface area contributed by atoms with E-state index in [4.69, 9.17) is 14.4 Å². The van der Waals surface area contributed by atoms with Crippen molar-refractivity contribution in [2.45, 2.75) is 25.2 Å². The number of anilines is 1. The van der Waals surface area contributed by atoms with Crippen LogP contribution in [0.1, 0.15) is 36.3 Å². The topological polar surface area (TPSA) is 144 Å². The number of nitrogens with two attached hydrogens (primary N) is 1. The molecule has 0 unspecified atom stereocenters. The maximum atomic E-state index is 13.6. The number of rotatable bonds is 9. The molecule has 1 aliphatic carbocycles. The van der Waals surface area contributed by atoms with Crippen LogP contribution in [0.2, 0.25) is 0 Å². The van der Waals surface area contributed by atoms with E-state index in [0.29, 0.717) is 52.5 Å². The van der Waals surface area contributed by atoms with E-state index in [-0.39, 0.29) is 30.5 Å². The lowest BCUT2D eigenvalue weighted by Crippen LogP contribution is -2.33. The molecule has 2 aliphatic rings. The third-order valence-corrected chi connectivity index (χ3v) is 8.33. The summed E-state index contributed by atoms with van der Waals surface area (Å²) in [6, 6.07) is 9.43. The molecule has 3 aromatic rings. The van der Waals surface area contributed by atoms with Crippen LogP contribution in [0.5, 0.6) is 0 Å². The van der Waals surface area contributed by atoms with Gasteiger partial charge in [-0.15, -0.1) is 0 Å². The van der Waals surface area contributed by atoms with Crippen molar-refractivity contribution in [2.75, 3.05) is 36.0 Å². The number of hydrogen-bond donors (Lipinski definition) is 2. The Bertz CT molecular complexity index is 1580. The van der Waals surface area contributed by atoms with Crippen molar-refractivity contribution in [1.29, 1.82) is 0 Å². The molecule has 0 saturated heterocycles. The van der Waals surface area contributed by atoms with Crippen LogP contribution < -0.4 is 14.9 Å². The Kier molecular flexibility index (Phi) is 6.73. The normalized spacial score (nSPS) is 16.5. The Morgan fingerprint density at radius 2 is 1.89 bits per heavy atom. The van der Waals surface area contributed by atoms with Crippen LogP contribution in [0.3, 0.4) is 0 Å². The number of halogens is 1. The quantitative estimate of drug-likeness (QED) is 0.417. The smallest absolute Gasteiger partial charge is 0.232 e. The fourth-order valence-corrected chi connectivity index (χ4v) is 5.99. The molecule has 10 nitrogen and oxygen atoms in total. The third-order valence-electron chi connectivity index (χ3n) is 6.29. The Morgan fingerprint density at radius 3 is 2.49 bits per heavy atom. The van der Waals surface area contributed by atoms with E-state index >= 15 is 0 Å². The number of benzene rings is 2. The number of nitrogens with one attached hydrogen (secondary N) is 1. The molecule has 1 aromatic heterocycles. The van der Waals surface area contributed by atoms with E-state index in [2.05, 4.69) is 10.5 Å². The number of amidine groups is 1. The van der Waals surface area contributed by atoms with E-state index in [1.54, 1.807) is 18.2 Å². The maximum Gasteiger partial charge on any atom is 0.232 e. The van der Waals surface area contributed by atoms with Crippen LogP contribution in [-0.2, 0) is 24.9 Å². The van der Waals surface area contributed by atoms with Crippen molar-refractivity contribution < 1.29 is 30.5 Å². The molecule has 2 heterocycles. The summed E-state index contributed by atoms with van der Waals surface area (Å²) in [6.45, 7) is 0.794. The molecule has 0 amide bonds. The fraction of sp³-hybridized carbons (Fsp3) is 0.375. The zero-order valence-corrected chi connectivity index (χ0v) is 21.7. The van der Waals surface area contributed by atoms with Crippen LogP contribution in [-0.4, -0.2) is 54.4 Å². The first kappa shape index (κ1) is 25.6. The van der Waals surface area contributed by atoms with Gasteiger partial charge in [-0.25, -0.2) is 31.8 Å². The number of aliphatic imine (C=N–C) groups is 1. The number of fused-ring (bicyclic) bond motifs is 1. The van der Waals surface area contributed by atoms with Gasteiger partial charge in [-0.2, -0.15) is 0 Å². The van der Waals surface area contributed by atoms with Crippen LogP contribution in [0.4, 0.5) is 10.1 Å². The third kappa shape index (κ3) is 5.64. The van der Waals surface area contributed by atoms with Crippen LogP contribution in [0.15, 0.2) is 45.8 Å². The van der Waals surface area contributed by atoms with Gasteiger partial charge in [0.2, 0.25) is 20.0 Å². The zero-order valence-electron chi connectivity index (χ0n) is 20.1. The van der Waals surface area contributed by atoms with Gasteiger partial charge < -0.3 is 4.42 Å². The summed E-state index contributed by atoms with van der Waals surface area (Å²) in [4.78, 5) is 9.95. The summed E-state index contributed by atoms with van der Waals surface area (Å²) in [7, 11) is -7.50. The summed E-state index contributed by atoms with van der Waals surface area (Å²) in [6.07, 6.45) is 2.91. The average molecular weight is 551 g/mol. The van der Waals surface area contributed by atoms with Crippen molar-refractivity contribution in [2.24, 2.45) is 10.1 Å². The van der Waals surface area contributed by atoms with Gasteiger partial charge >= 0.3 is 0 Å². The summed E-state index contributed by atoms with van der Waals surface area (Å²) >= 11 is 0. The average Bonchev–Trinajstić information content (AvgIpc) is 3.61. The highest BCUT2D eigenvalue weighted by Gasteiger charge is 2.33. The summed E-state index contributed by atoms with van der Waals surface area (Å²) in [5.74, 6) is 0.319. The molecule has 0 bridgehead atoms. The first-order valence-corrected chi connectivity index (χ1v) is 15.3. The van der Waals surface area contributed by atoms with Crippen molar-refractivity contribution in [3.05, 3.63) is 53.3 Å². The van der Waals surface area contributed by atoms with Crippen LogP contribution in [0.25, 0.3) is 22.3 Å². The van der Waals surface area contributed by atoms with E-state index < -0.39 is 20.0 Å². The number of nitrogens with zero attached hydrogens (tertiary/aromatic N) is 2. The van der Waals surface area contributed by atoms with Crippen molar-refractivity contribution in [1.82, 2.24) is 5.48 Å². The van der Waals surface area contributed by atoms with Crippen molar-refractivity contribution >= 4 is 42.5 Å². The lowest BCUT2D eigenvalue weighted by molar-refractivity contribution is 0.0827. The van der Waals surface area contributed by atoms with E-state index in [1.165, 1.54) is 16.4 Å². The molecule has 1 fully saturated rings. The second-order valence-electron chi connectivity index (χ2n) is 9.23. The van der Waals surface area contributed by atoms with Gasteiger partial charge in [0, 0.05) is 23.6 Å². The molecule has 13 heteroatoms. The second-order valence-corrected chi connectivity index (χ2v) is 12.9. The van der Waals surface area contributed by atoms with Gasteiger partial charge in [-0.1, -0.05) is 0 Å². The standard InChI is InChI=1S/C24H27FN4O6S2/c1-36(30,31)29(10-2-12-37(26,32)33)20-14-21-19(13-18(20)15-3-4-15)22(24-27-9-11-34-28-24)23(35-21)16-5-7-17(25)8-6-16/h5-8,13-15H,2-4,9-12H2,1H3,(H,27,28)(H2,26,32,33). The number of furan rings is 1. The van der Waals surface area contributed by atoms with Gasteiger partial charge in [0.1, 0.15) is 17.2 Å². The van der Waals surface area contributed by atoms with Crippen molar-refractivity contribution in [3.63, 3.8) is 0 Å². The Hall–Kier alpha value is -3.00. The lowest BCUT2D eigenvalue weighted by Gasteiger charge is -2.25. The SMILES string of the molecule is CS(=O)(=O)N(CCCS(N)(=O)=O)c1cc2oc(-c3ccc(F)cc3)c(C3=NCCON3)c2cc1C1CC1. The molecular formula is C24H27FN4O6S2. The minimum absolute atomic E-state index is 0.0380. The highest BCUT2D eigenvalue weighted by atomic mass is 32.2. The number of hydroxylamine groups is 1. The molecule has 1 aliphatic heterocycles. The summed E-state index contributed by atoms with van der Waals surface area (Å²) in [5, 5.41) is 5.83. The fourth-order valence-electron chi connectivity index (χ4n) is 4.48. The Labute approximate surface area is 214 Å². The number of sulfonamides is 2. The number of hydrogen-bond acceptors (Lipinski definition) is 8. The maximum absolute atomic E-state index is 13.6. The first-order chi connectivity index (χ1) is 17.5. The second kappa shape index (κ2) is 9.71. The summed E-state index contributed by atoms with van der Waals surface area (Å²) in [5.41, 5.74) is 5.76. The molecule has 1 saturated carbocycles. The molecule has 0 spiro atoms. The first-order valence-electron chi connectivity index (χ1n) is 11.8. The zero-order chi connectivity index (χ0) is 26.4. The Morgan fingerprint density at radius 1 is 1.16 bits per heavy atom. The molecule has 37 heavy (non-hydrogen) atoms. The van der Waals surface area contributed by atoms with Gasteiger partial charge in [0.05, 0.1) is 36.4 Å². The predicted molar refractivity (Wildman–Crippen MR) is 139 cm³/mol. The monoisotopic (exact) mass is 550 g/mol. The lowest BCUT2D eigenvalue weighted by atomic mass is 10.00. The van der Waals surface area contributed by atoms with E-state index in [9.17, 15) is 21.2 Å². The highest BCUT2D eigenvalue weighted by Crippen LogP contribution is 2.48. The number of primary sulfonamides is 1. The van der Waals surface area contributed by atoms with Crippen LogP contribution >= 0.6 is 0 Å². The molecule has 5 rings (SSSR count). The Balaban J connectivity index is 1.69. The van der Waals surface area contributed by atoms with Gasteiger partial charge in [0.25, 0.3) is 0 Å². The summed E-state index contributed by atoms with van der Waals surface area (Å²) < 4.78 is 69.7. The highest BCUT2D eigenvalue weighted by molar-refractivity contribution is 7.92. The van der Waals surface area contributed by atoms with Gasteiger partial charge in [-0.05, 0) is 61.1 Å². The molecular weight excluding hydrogens is 523 g/mol. The minimum Gasteiger partial charge on any atom is -0.455 e. The molecule has 3 N–H and O–H groups in total. The van der Waals surface area contributed by atoms with Crippen molar-refractivity contribution in [3.8, 4) is 11.3 Å². The van der Waals surface area contributed by atoms with Gasteiger partial charge in [-0.3, -0.25) is 14.1 Å².